The number of morpholine rings is 1. The smallest absolute Gasteiger partial charge is 0.254 e. The molecule has 0 unspecified atom stereocenters. The number of hydrogen-bond acceptors (Lipinski definition) is 4. The van der Waals surface area contributed by atoms with Gasteiger partial charge in [-0.05, 0) is 31.0 Å². The van der Waals surface area contributed by atoms with Crippen LogP contribution >= 0.6 is 0 Å². The van der Waals surface area contributed by atoms with Gasteiger partial charge in [-0.3, -0.25) is 9.59 Å². The molecule has 1 aromatic rings. The second-order valence-corrected chi connectivity index (χ2v) is 7.09. The van der Waals surface area contributed by atoms with E-state index in [9.17, 15) is 9.59 Å². The van der Waals surface area contributed by atoms with E-state index in [2.05, 4.69) is 10.6 Å². The largest absolute Gasteiger partial charge is 0.378 e. The van der Waals surface area contributed by atoms with Crippen LogP contribution in [0.3, 0.4) is 0 Å². The number of nitrogens with one attached hydrogen (secondary N) is 2. The third-order valence-electron chi connectivity index (χ3n) is 5.08. The molecular formula is C20H29N3O3. The highest BCUT2D eigenvalue weighted by Crippen LogP contribution is 2.17. The number of carbonyl (C=O) groups excluding carboxylic acids is 2. The number of ether oxygens (including phenoxy) is 1. The van der Waals surface area contributed by atoms with Crippen LogP contribution in [0.4, 0.5) is 5.69 Å². The van der Waals surface area contributed by atoms with Crippen LogP contribution in [-0.2, 0) is 9.53 Å². The summed E-state index contributed by atoms with van der Waals surface area (Å²) in [6.45, 7) is 2.66. The van der Waals surface area contributed by atoms with Gasteiger partial charge in [-0.25, -0.2) is 0 Å². The van der Waals surface area contributed by atoms with Gasteiger partial charge in [0.2, 0.25) is 5.91 Å². The zero-order valence-electron chi connectivity index (χ0n) is 15.3. The van der Waals surface area contributed by atoms with Gasteiger partial charge in [-0.15, -0.1) is 0 Å². The second-order valence-electron chi connectivity index (χ2n) is 7.09. The summed E-state index contributed by atoms with van der Waals surface area (Å²) in [6.07, 6.45) is 7.10. The van der Waals surface area contributed by atoms with Crippen LogP contribution in [0.5, 0.6) is 0 Å². The zero-order chi connectivity index (χ0) is 18.2. The van der Waals surface area contributed by atoms with Crippen LogP contribution in [0.15, 0.2) is 24.3 Å². The fourth-order valence-electron chi connectivity index (χ4n) is 3.60. The maximum atomic E-state index is 12.5. The highest BCUT2D eigenvalue weighted by atomic mass is 16.5. The maximum absolute atomic E-state index is 12.5. The molecule has 142 valence electrons. The SMILES string of the molecule is O=C(CNc1cccc(C(=O)N2CCOCC2)c1)NC1CCCCCC1. The molecule has 1 aliphatic heterocycles. The predicted octanol–water partition coefficient (Wildman–Crippen LogP) is 2.41. The van der Waals surface area contributed by atoms with Crippen LogP contribution in [0.25, 0.3) is 0 Å². The Morgan fingerprint density at radius 1 is 1.08 bits per heavy atom. The fraction of sp³-hybridized carbons (Fsp3) is 0.600. The van der Waals surface area contributed by atoms with E-state index in [1.165, 1.54) is 25.7 Å². The number of anilines is 1. The van der Waals surface area contributed by atoms with Gasteiger partial charge in [-0.1, -0.05) is 31.7 Å². The minimum absolute atomic E-state index is 0.0138. The van der Waals surface area contributed by atoms with E-state index in [0.29, 0.717) is 37.9 Å². The van der Waals surface area contributed by atoms with Crippen molar-refractivity contribution in [3.05, 3.63) is 29.8 Å². The quantitative estimate of drug-likeness (QED) is 0.792. The first-order chi connectivity index (χ1) is 12.7. The molecule has 0 radical (unpaired) electrons. The van der Waals surface area contributed by atoms with E-state index in [4.69, 9.17) is 4.74 Å². The summed E-state index contributed by atoms with van der Waals surface area (Å²) in [6, 6.07) is 7.67. The summed E-state index contributed by atoms with van der Waals surface area (Å²) in [5.41, 5.74) is 1.43. The lowest BCUT2D eigenvalue weighted by Gasteiger charge is -2.27. The van der Waals surface area contributed by atoms with E-state index in [1.807, 2.05) is 24.3 Å². The first-order valence-corrected chi connectivity index (χ1v) is 9.73. The highest BCUT2D eigenvalue weighted by Gasteiger charge is 2.19. The monoisotopic (exact) mass is 359 g/mol. The molecule has 0 spiro atoms. The molecule has 2 N–H and O–H groups in total. The molecule has 0 bridgehead atoms. The molecule has 6 heteroatoms. The molecule has 1 saturated carbocycles. The topological polar surface area (TPSA) is 70.7 Å². The lowest BCUT2D eigenvalue weighted by atomic mass is 10.1. The number of carbonyl (C=O) groups is 2. The van der Waals surface area contributed by atoms with Gasteiger partial charge in [0.25, 0.3) is 5.91 Å². The van der Waals surface area contributed by atoms with Gasteiger partial charge in [-0.2, -0.15) is 0 Å². The molecule has 6 nitrogen and oxygen atoms in total. The van der Waals surface area contributed by atoms with Crippen molar-refractivity contribution in [1.29, 1.82) is 0 Å². The van der Waals surface area contributed by atoms with Gasteiger partial charge >= 0.3 is 0 Å². The molecule has 1 heterocycles. The van der Waals surface area contributed by atoms with Gasteiger partial charge in [0, 0.05) is 30.4 Å². The van der Waals surface area contributed by atoms with E-state index >= 15 is 0 Å². The zero-order valence-corrected chi connectivity index (χ0v) is 15.3. The summed E-state index contributed by atoms with van der Waals surface area (Å²) >= 11 is 0. The molecule has 0 aromatic heterocycles. The van der Waals surface area contributed by atoms with Gasteiger partial charge in [0.15, 0.2) is 0 Å². The summed E-state index contributed by atoms with van der Waals surface area (Å²) in [5, 5.41) is 6.27. The Bertz CT molecular complexity index is 606. The van der Waals surface area contributed by atoms with Crippen molar-refractivity contribution >= 4 is 17.5 Å². The van der Waals surface area contributed by atoms with Gasteiger partial charge in [0.05, 0.1) is 19.8 Å². The molecule has 1 saturated heterocycles. The summed E-state index contributed by atoms with van der Waals surface area (Å²) in [5.74, 6) is 0.0293. The molecule has 2 amide bonds. The standard InChI is InChI=1S/C20H29N3O3/c24-19(22-17-7-3-1-2-4-8-17)15-21-18-9-5-6-16(14-18)20(25)23-10-12-26-13-11-23/h5-6,9,14,17,21H,1-4,7-8,10-13,15H2,(H,22,24). The third-order valence-corrected chi connectivity index (χ3v) is 5.08. The van der Waals surface area contributed by atoms with E-state index in [0.717, 1.165) is 18.5 Å². The minimum atomic E-state index is 0.0138. The van der Waals surface area contributed by atoms with Crippen LogP contribution in [0.1, 0.15) is 48.9 Å². The number of amides is 2. The van der Waals surface area contributed by atoms with Crippen molar-refractivity contribution in [2.45, 2.75) is 44.6 Å². The van der Waals surface area contributed by atoms with Gasteiger partial charge < -0.3 is 20.3 Å². The summed E-state index contributed by atoms with van der Waals surface area (Å²) < 4.78 is 5.29. The number of benzene rings is 1. The number of rotatable bonds is 5. The second kappa shape index (κ2) is 9.57. The first-order valence-electron chi connectivity index (χ1n) is 9.73. The van der Waals surface area contributed by atoms with E-state index < -0.39 is 0 Å². The third kappa shape index (κ3) is 5.46. The van der Waals surface area contributed by atoms with Gasteiger partial charge in [0.1, 0.15) is 0 Å². The summed E-state index contributed by atoms with van der Waals surface area (Å²) in [7, 11) is 0. The van der Waals surface area contributed by atoms with Crippen molar-refractivity contribution in [2.24, 2.45) is 0 Å². The van der Waals surface area contributed by atoms with Crippen LogP contribution < -0.4 is 10.6 Å². The molecular weight excluding hydrogens is 330 g/mol. The molecule has 1 aliphatic carbocycles. The Labute approximate surface area is 155 Å². The molecule has 0 atom stereocenters. The number of nitrogens with zero attached hydrogens (tertiary/aromatic N) is 1. The van der Waals surface area contributed by atoms with Crippen molar-refractivity contribution < 1.29 is 14.3 Å². The molecule has 2 aliphatic rings. The Balaban J connectivity index is 1.50. The van der Waals surface area contributed by atoms with Crippen molar-refractivity contribution in [3.63, 3.8) is 0 Å². The Hall–Kier alpha value is -2.08. The molecule has 1 aromatic carbocycles. The molecule has 3 rings (SSSR count). The maximum Gasteiger partial charge on any atom is 0.254 e. The van der Waals surface area contributed by atoms with E-state index in [1.54, 1.807) is 4.90 Å². The Morgan fingerprint density at radius 3 is 2.54 bits per heavy atom. The molecule has 2 fully saturated rings. The average Bonchev–Trinajstić information content (AvgIpc) is 2.95. The van der Waals surface area contributed by atoms with Crippen LogP contribution in [0, 0.1) is 0 Å². The van der Waals surface area contributed by atoms with Crippen LogP contribution in [-0.4, -0.2) is 55.6 Å². The van der Waals surface area contributed by atoms with E-state index in [-0.39, 0.29) is 18.4 Å². The lowest BCUT2D eigenvalue weighted by molar-refractivity contribution is -0.120. The highest BCUT2D eigenvalue weighted by molar-refractivity contribution is 5.95. The predicted molar refractivity (Wildman–Crippen MR) is 101 cm³/mol. The first kappa shape index (κ1) is 18.7. The number of hydrogen-bond donors (Lipinski definition) is 2. The van der Waals surface area contributed by atoms with Crippen molar-refractivity contribution in [2.75, 3.05) is 38.2 Å². The van der Waals surface area contributed by atoms with Crippen molar-refractivity contribution in [3.8, 4) is 0 Å². The normalized spacial score (nSPS) is 18.8. The van der Waals surface area contributed by atoms with Crippen molar-refractivity contribution in [1.82, 2.24) is 10.2 Å². The fourth-order valence-corrected chi connectivity index (χ4v) is 3.60. The summed E-state index contributed by atoms with van der Waals surface area (Å²) in [4.78, 5) is 26.6. The Morgan fingerprint density at radius 2 is 1.81 bits per heavy atom. The minimum Gasteiger partial charge on any atom is -0.378 e. The van der Waals surface area contributed by atoms with Crippen LogP contribution in [0.2, 0.25) is 0 Å². The molecule has 26 heavy (non-hydrogen) atoms. The lowest BCUT2D eigenvalue weighted by Crippen LogP contribution is -2.40. The average molecular weight is 359 g/mol. The Kier molecular flexibility index (Phi) is 6.89.